The number of nitriles is 1. The highest BCUT2D eigenvalue weighted by molar-refractivity contribution is 9.10. The largest absolute Gasteiger partial charge is 0.326 e. The molecule has 0 radical (unpaired) electrons. The molecule has 0 fully saturated rings. The molecular weight excluding hydrogens is 424 g/mol. The lowest BCUT2D eigenvalue weighted by Crippen LogP contribution is -2.42. The van der Waals surface area contributed by atoms with Crippen LogP contribution in [0.3, 0.4) is 0 Å². The van der Waals surface area contributed by atoms with Gasteiger partial charge in [0.1, 0.15) is 0 Å². The lowest BCUT2D eigenvalue weighted by molar-refractivity contribution is -0.123. The van der Waals surface area contributed by atoms with E-state index >= 15 is 0 Å². The maximum Gasteiger partial charge on any atom is 0.269 e. The van der Waals surface area contributed by atoms with Crippen molar-refractivity contribution in [2.45, 2.75) is 19.8 Å². The molecule has 0 aliphatic carbocycles. The zero-order valence-electron chi connectivity index (χ0n) is 15.2. The van der Waals surface area contributed by atoms with Gasteiger partial charge >= 0.3 is 0 Å². The quantitative estimate of drug-likeness (QED) is 0.596. The summed E-state index contributed by atoms with van der Waals surface area (Å²) in [5, 5.41) is 11.5. The second-order valence-electron chi connectivity index (χ2n) is 6.26. The fraction of sp³-hybridized carbons (Fsp3) is 0.200. The summed E-state index contributed by atoms with van der Waals surface area (Å²) in [6, 6.07) is 15.2. The smallest absolute Gasteiger partial charge is 0.269 e. The first-order valence-electron chi connectivity index (χ1n) is 8.52. The normalized spacial score (nSPS) is 11.0. The molecule has 3 amide bonds. The molecular formula is C20H19BrN4O3. The van der Waals surface area contributed by atoms with E-state index in [1.165, 1.54) is 0 Å². The molecule has 0 unspecified atom stereocenters. The Hall–Kier alpha value is -3.18. The maximum atomic E-state index is 12.1. The molecule has 0 aliphatic heterocycles. The van der Waals surface area contributed by atoms with Gasteiger partial charge in [0.2, 0.25) is 11.8 Å². The molecule has 0 saturated carbocycles. The molecule has 8 heteroatoms. The molecule has 7 nitrogen and oxygen atoms in total. The van der Waals surface area contributed by atoms with Crippen molar-refractivity contribution in [2.24, 2.45) is 5.92 Å². The molecule has 0 bridgehead atoms. The van der Waals surface area contributed by atoms with Crippen molar-refractivity contribution < 1.29 is 14.4 Å². The monoisotopic (exact) mass is 442 g/mol. The average Bonchev–Trinajstić information content (AvgIpc) is 2.67. The summed E-state index contributed by atoms with van der Waals surface area (Å²) in [6.07, 6.45) is 0.232. The first-order chi connectivity index (χ1) is 13.4. The van der Waals surface area contributed by atoms with Gasteiger partial charge in [-0.2, -0.15) is 5.26 Å². The van der Waals surface area contributed by atoms with E-state index in [1.807, 2.05) is 6.07 Å². The van der Waals surface area contributed by atoms with E-state index in [1.54, 1.807) is 55.5 Å². The molecule has 2 aromatic rings. The van der Waals surface area contributed by atoms with Gasteiger partial charge in [0.25, 0.3) is 5.91 Å². The van der Waals surface area contributed by atoms with Gasteiger partial charge in [-0.1, -0.05) is 22.9 Å². The molecule has 0 aliphatic rings. The summed E-state index contributed by atoms with van der Waals surface area (Å²) in [5.74, 6) is -1.26. The van der Waals surface area contributed by atoms with Crippen LogP contribution in [-0.4, -0.2) is 17.7 Å². The van der Waals surface area contributed by atoms with Crippen LogP contribution < -0.4 is 16.2 Å². The molecule has 28 heavy (non-hydrogen) atoms. The first-order valence-corrected chi connectivity index (χ1v) is 9.31. The van der Waals surface area contributed by atoms with Crippen molar-refractivity contribution in [3.05, 3.63) is 64.1 Å². The number of carbonyl (C=O) groups excluding carboxylic acids is 3. The van der Waals surface area contributed by atoms with Crippen LogP contribution >= 0.6 is 15.9 Å². The van der Waals surface area contributed by atoms with E-state index in [-0.39, 0.29) is 30.6 Å². The third-order valence-electron chi connectivity index (χ3n) is 3.79. The van der Waals surface area contributed by atoms with Crippen LogP contribution in [0.5, 0.6) is 0 Å². The fourth-order valence-corrected chi connectivity index (χ4v) is 2.66. The zero-order valence-corrected chi connectivity index (χ0v) is 16.7. The summed E-state index contributed by atoms with van der Waals surface area (Å²) in [5.41, 5.74) is 6.20. The van der Waals surface area contributed by atoms with E-state index in [0.717, 1.165) is 4.47 Å². The Morgan fingerprint density at radius 2 is 1.57 bits per heavy atom. The topological polar surface area (TPSA) is 111 Å². The lowest BCUT2D eigenvalue weighted by atomic mass is 10.0. The van der Waals surface area contributed by atoms with E-state index in [0.29, 0.717) is 16.8 Å². The van der Waals surface area contributed by atoms with Gasteiger partial charge in [-0.3, -0.25) is 25.2 Å². The Balaban J connectivity index is 1.73. The minimum atomic E-state index is -0.424. The van der Waals surface area contributed by atoms with Crippen LogP contribution in [-0.2, 0) is 9.59 Å². The van der Waals surface area contributed by atoms with Crippen LogP contribution in [0.1, 0.15) is 35.7 Å². The standard InChI is InChI=1S/C20H19BrN4O3/c1-13(10-18(26)23-17-8-2-14(12-22)3-9-17)11-19(27)24-25-20(28)15-4-6-16(21)7-5-15/h2-9,13H,10-11H2,1H3,(H,23,26)(H,24,27)(H,25,28)/t13-/m0/s1. The minimum absolute atomic E-state index is 0.0847. The van der Waals surface area contributed by atoms with E-state index in [4.69, 9.17) is 5.26 Å². The second-order valence-corrected chi connectivity index (χ2v) is 7.18. The number of halogens is 1. The molecule has 0 aromatic heterocycles. The van der Waals surface area contributed by atoms with Crippen molar-refractivity contribution in [2.75, 3.05) is 5.32 Å². The van der Waals surface area contributed by atoms with Gasteiger partial charge in [-0.05, 0) is 54.4 Å². The second kappa shape index (κ2) is 10.2. The first kappa shape index (κ1) is 21.1. The number of rotatable bonds is 6. The van der Waals surface area contributed by atoms with Gasteiger partial charge in [-0.25, -0.2) is 0 Å². The molecule has 144 valence electrons. The Bertz CT molecular complexity index is 889. The van der Waals surface area contributed by atoms with Gasteiger partial charge in [0.05, 0.1) is 11.6 Å². The Labute approximate surface area is 171 Å². The molecule has 0 saturated heterocycles. The molecule has 2 aromatic carbocycles. The molecule has 0 spiro atoms. The van der Waals surface area contributed by atoms with Crippen molar-refractivity contribution >= 4 is 39.3 Å². The van der Waals surface area contributed by atoms with Crippen LogP contribution in [0.25, 0.3) is 0 Å². The van der Waals surface area contributed by atoms with Crippen molar-refractivity contribution in [1.29, 1.82) is 5.26 Å². The average molecular weight is 443 g/mol. The summed E-state index contributed by atoms with van der Waals surface area (Å²) in [6.45, 7) is 1.77. The third-order valence-corrected chi connectivity index (χ3v) is 4.32. The van der Waals surface area contributed by atoms with Gasteiger partial charge in [0, 0.05) is 28.6 Å². The Kier molecular flexibility index (Phi) is 7.72. The zero-order chi connectivity index (χ0) is 20.5. The van der Waals surface area contributed by atoms with E-state index in [9.17, 15) is 14.4 Å². The van der Waals surface area contributed by atoms with Crippen LogP contribution in [0.2, 0.25) is 0 Å². The Morgan fingerprint density at radius 1 is 0.964 bits per heavy atom. The van der Waals surface area contributed by atoms with E-state index < -0.39 is 5.91 Å². The molecule has 3 N–H and O–H groups in total. The molecule has 0 heterocycles. The highest BCUT2D eigenvalue weighted by Crippen LogP contribution is 2.13. The lowest BCUT2D eigenvalue weighted by Gasteiger charge is -2.12. The van der Waals surface area contributed by atoms with Crippen LogP contribution in [0.15, 0.2) is 53.0 Å². The number of nitrogens with zero attached hydrogens (tertiary/aromatic N) is 1. The highest BCUT2D eigenvalue weighted by atomic mass is 79.9. The van der Waals surface area contributed by atoms with Gasteiger partial charge < -0.3 is 5.32 Å². The molecule has 2 rings (SSSR count). The van der Waals surface area contributed by atoms with Crippen molar-refractivity contribution in [1.82, 2.24) is 10.9 Å². The van der Waals surface area contributed by atoms with Crippen LogP contribution in [0, 0.1) is 17.2 Å². The number of benzene rings is 2. The SMILES string of the molecule is C[C@H](CC(=O)NNC(=O)c1ccc(Br)cc1)CC(=O)Nc1ccc(C#N)cc1. The maximum absolute atomic E-state index is 12.1. The number of carbonyl (C=O) groups is 3. The summed E-state index contributed by atoms with van der Waals surface area (Å²) in [4.78, 5) is 36.0. The number of hydrazine groups is 1. The fourth-order valence-electron chi connectivity index (χ4n) is 2.40. The summed E-state index contributed by atoms with van der Waals surface area (Å²) in [7, 11) is 0. The highest BCUT2D eigenvalue weighted by Gasteiger charge is 2.14. The number of amides is 3. The third kappa shape index (κ3) is 6.85. The minimum Gasteiger partial charge on any atom is -0.326 e. The van der Waals surface area contributed by atoms with Gasteiger partial charge in [0.15, 0.2) is 0 Å². The van der Waals surface area contributed by atoms with E-state index in [2.05, 4.69) is 32.1 Å². The number of anilines is 1. The predicted octanol–water partition coefficient (Wildman–Crippen LogP) is 3.14. The summed E-state index contributed by atoms with van der Waals surface area (Å²) >= 11 is 3.28. The van der Waals surface area contributed by atoms with Gasteiger partial charge in [-0.15, -0.1) is 0 Å². The van der Waals surface area contributed by atoms with Crippen LogP contribution in [0.4, 0.5) is 5.69 Å². The number of nitrogens with one attached hydrogen (secondary N) is 3. The Morgan fingerprint density at radius 3 is 2.18 bits per heavy atom. The van der Waals surface area contributed by atoms with Crippen molar-refractivity contribution in [3.8, 4) is 6.07 Å². The number of hydrogen-bond acceptors (Lipinski definition) is 4. The summed E-state index contributed by atoms with van der Waals surface area (Å²) < 4.78 is 0.848. The predicted molar refractivity (Wildman–Crippen MR) is 108 cm³/mol. The number of hydrogen-bond donors (Lipinski definition) is 3. The van der Waals surface area contributed by atoms with Crippen molar-refractivity contribution in [3.63, 3.8) is 0 Å². The molecule has 1 atom stereocenters.